The van der Waals surface area contributed by atoms with Crippen LogP contribution in [0.4, 0.5) is 16.2 Å². The lowest BCUT2D eigenvalue weighted by Gasteiger charge is -2.19. The number of rotatable bonds is 6. The van der Waals surface area contributed by atoms with Gasteiger partial charge < -0.3 is 14.4 Å². The van der Waals surface area contributed by atoms with Gasteiger partial charge in [-0.05, 0) is 81.1 Å². The Balaban J connectivity index is 1.41. The first-order valence-corrected chi connectivity index (χ1v) is 13.3. The summed E-state index contributed by atoms with van der Waals surface area (Å²) in [5, 5.41) is 11.4. The summed E-state index contributed by atoms with van der Waals surface area (Å²) < 4.78 is 1.91. The van der Waals surface area contributed by atoms with Gasteiger partial charge in [-0.15, -0.1) is 0 Å². The summed E-state index contributed by atoms with van der Waals surface area (Å²) in [5.41, 5.74) is 3.73. The summed E-state index contributed by atoms with van der Waals surface area (Å²) in [7, 11) is 0. The number of thioether (sulfide) groups is 1. The molecule has 0 radical (unpaired) electrons. The molecule has 194 valence electrons. The Kier molecular flexibility index (Phi) is 6.80. The fourth-order valence-corrected chi connectivity index (χ4v) is 6.16. The molecule has 1 aromatic heterocycles. The first kappa shape index (κ1) is 25.1. The van der Waals surface area contributed by atoms with Gasteiger partial charge in [0, 0.05) is 43.6 Å². The normalized spacial score (nSPS) is 19.1. The van der Waals surface area contributed by atoms with Crippen LogP contribution in [0.25, 0.3) is 11.8 Å². The molecular formula is C26H29N5O5S. The molecule has 0 N–H and O–H groups in total. The van der Waals surface area contributed by atoms with Crippen LogP contribution in [-0.2, 0) is 9.59 Å². The average molecular weight is 524 g/mol. The molecular weight excluding hydrogens is 494 g/mol. The number of benzene rings is 1. The second-order valence-electron chi connectivity index (χ2n) is 9.64. The van der Waals surface area contributed by atoms with E-state index in [1.165, 1.54) is 0 Å². The van der Waals surface area contributed by atoms with Crippen molar-refractivity contribution >= 4 is 46.3 Å². The van der Waals surface area contributed by atoms with Gasteiger partial charge in [0.05, 0.1) is 15.5 Å². The van der Waals surface area contributed by atoms with E-state index in [1.54, 1.807) is 23.1 Å². The minimum atomic E-state index is -0.474. The number of nitrogens with zero attached hydrogens (tertiary/aromatic N) is 5. The zero-order chi connectivity index (χ0) is 26.3. The van der Waals surface area contributed by atoms with Crippen LogP contribution in [0, 0.1) is 24.0 Å². The number of imide groups is 1. The molecule has 4 heterocycles. The minimum absolute atomic E-state index is 0.0669. The third-order valence-electron chi connectivity index (χ3n) is 7.24. The van der Waals surface area contributed by atoms with Crippen molar-refractivity contribution in [2.24, 2.45) is 0 Å². The molecule has 0 spiro atoms. The van der Waals surface area contributed by atoms with Crippen LogP contribution >= 0.6 is 11.8 Å². The van der Waals surface area contributed by atoms with Crippen molar-refractivity contribution in [3.05, 3.63) is 56.2 Å². The average Bonchev–Trinajstić information content (AvgIpc) is 3.66. The van der Waals surface area contributed by atoms with Crippen molar-refractivity contribution < 1.29 is 19.3 Å². The van der Waals surface area contributed by atoms with E-state index in [9.17, 15) is 24.5 Å². The molecule has 3 aliphatic rings. The highest BCUT2D eigenvalue weighted by Crippen LogP contribution is 2.36. The lowest BCUT2D eigenvalue weighted by molar-refractivity contribution is -0.384. The van der Waals surface area contributed by atoms with Crippen molar-refractivity contribution in [1.29, 1.82) is 0 Å². The van der Waals surface area contributed by atoms with Crippen molar-refractivity contribution in [1.82, 2.24) is 14.4 Å². The first-order valence-electron chi connectivity index (χ1n) is 12.5. The number of nitro groups is 1. The van der Waals surface area contributed by atoms with Gasteiger partial charge in [-0.25, -0.2) is 0 Å². The summed E-state index contributed by atoms with van der Waals surface area (Å²) in [5.74, 6) is -0.684. The van der Waals surface area contributed by atoms with E-state index in [4.69, 9.17) is 0 Å². The molecule has 0 saturated carbocycles. The van der Waals surface area contributed by atoms with E-state index in [-0.39, 0.29) is 28.0 Å². The van der Waals surface area contributed by atoms with Gasteiger partial charge in [-0.1, -0.05) is 0 Å². The summed E-state index contributed by atoms with van der Waals surface area (Å²) in [6, 6.07) is 7.16. The number of amides is 3. The van der Waals surface area contributed by atoms with Crippen LogP contribution in [0.1, 0.15) is 42.6 Å². The van der Waals surface area contributed by atoms with E-state index in [1.807, 2.05) is 35.4 Å². The Labute approximate surface area is 219 Å². The molecule has 0 bridgehead atoms. The molecule has 3 aliphatic heterocycles. The number of hydrogen-bond acceptors (Lipinski definition) is 7. The molecule has 11 heteroatoms. The van der Waals surface area contributed by atoms with Gasteiger partial charge >= 0.3 is 0 Å². The summed E-state index contributed by atoms with van der Waals surface area (Å²) in [6.45, 7) is 6.47. The highest BCUT2D eigenvalue weighted by Gasteiger charge is 2.37. The van der Waals surface area contributed by atoms with E-state index < -0.39 is 11.1 Å². The highest BCUT2D eigenvalue weighted by atomic mass is 32.2. The molecule has 2 aromatic rings. The van der Waals surface area contributed by atoms with Crippen LogP contribution in [0.5, 0.6) is 0 Å². The molecule has 3 amide bonds. The number of carbonyl (C=O) groups is 3. The predicted octanol–water partition coefficient (Wildman–Crippen LogP) is 4.26. The maximum atomic E-state index is 13.0. The third kappa shape index (κ3) is 4.75. The second-order valence-corrected chi connectivity index (χ2v) is 10.6. The van der Waals surface area contributed by atoms with Crippen LogP contribution in [-0.4, -0.2) is 69.1 Å². The van der Waals surface area contributed by atoms with Crippen molar-refractivity contribution in [2.45, 2.75) is 39.5 Å². The highest BCUT2D eigenvalue weighted by molar-refractivity contribution is 8.18. The van der Waals surface area contributed by atoms with E-state index in [0.29, 0.717) is 24.5 Å². The van der Waals surface area contributed by atoms with Gasteiger partial charge in [0.2, 0.25) is 5.91 Å². The predicted molar refractivity (Wildman–Crippen MR) is 142 cm³/mol. The summed E-state index contributed by atoms with van der Waals surface area (Å²) >= 11 is 0.827. The van der Waals surface area contributed by atoms with Crippen LogP contribution < -0.4 is 4.90 Å². The number of hydrogen-bond donors (Lipinski definition) is 0. The lowest BCUT2D eigenvalue weighted by Crippen LogP contribution is -2.40. The zero-order valence-corrected chi connectivity index (χ0v) is 21.8. The van der Waals surface area contributed by atoms with Crippen molar-refractivity contribution in [2.75, 3.05) is 37.6 Å². The van der Waals surface area contributed by atoms with Crippen LogP contribution in [0.15, 0.2) is 29.2 Å². The van der Waals surface area contributed by atoms with E-state index in [0.717, 1.165) is 72.4 Å². The lowest BCUT2D eigenvalue weighted by atomic mass is 10.2. The van der Waals surface area contributed by atoms with Gasteiger partial charge in [-0.2, -0.15) is 0 Å². The number of carbonyl (C=O) groups excluding carboxylic acids is 3. The molecule has 10 nitrogen and oxygen atoms in total. The minimum Gasteiger partial charge on any atom is -0.366 e. The molecule has 3 fully saturated rings. The molecule has 1 aromatic carbocycles. The number of aryl methyl sites for hydroxylation is 1. The van der Waals surface area contributed by atoms with Crippen LogP contribution in [0.2, 0.25) is 0 Å². The van der Waals surface area contributed by atoms with Crippen molar-refractivity contribution in [3.8, 4) is 5.69 Å². The molecule has 0 atom stereocenters. The van der Waals surface area contributed by atoms with Gasteiger partial charge in [0.15, 0.2) is 0 Å². The standard InChI is InChI=1S/C26H29N5O5S/c1-17-13-19(14-23-25(33)29(26(34)37-23)16-24(32)28-11-5-6-12-28)18(2)30(17)20-7-8-21(22(15-20)31(35)36)27-9-3-4-10-27/h7-8,13-15H,3-6,9-12,16H2,1-2H3/b23-14-. The number of likely N-dealkylation sites (tertiary alicyclic amines) is 1. The summed E-state index contributed by atoms with van der Waals surface area (Å²) in [4.78, 5) is 54.6. The Morgan fingerprint density at radius 3 is 2.41 bits per heavy atom. The SMILES string of the molecule is Cc1cc(/C=C2\SC(=O)N(CC(=O)N3CCCC3)C2=O)c(C)n1-c1ccc(N2CCCC2)c([N+](=O)[O-])c1. The van der Waals surface area contributed by atoms with E-state index >= 15 is 0 Å². The van der Waals surface area contributed by atoms with Gasteiger partial charge in [0.25, 0.3) is 16.8 Å². The Morgan fingerprint density at radius 2 is 1.73 bits per heavy atom. The largest absolute Gasteiger partial charge is 0.366 e. The van der Waals surface area contributed by atoms with Gasteiger partial charge in [0.1, 0.15) is 12.2 Å². The third-order valence-corrected chi connectivity index (χ3v) is 8.15. The second kappa shape index (κ2) is 10.0. The molecule has 5 rings (SSSR count). The van der Waals surface area contributed by atoms with Crippen LogP contribution in [0.3, 0.4) is 0 Å². The number of nitro benzene ring substituents is 1. The van der Waals surface area contributed by atoms with Crippen molar-refractivity contribution in [3.63, 3.8) is 0 Å². The monoisotopic (exact) mass is 523 g/mol. The Morgan fingerprint density at radius 1 is 1.05 bits per heavy atom. The Bertz CT molecular complexity index is 1320. The smallest absolute Gasteiger partial charge is 0.294 e. The summed E-state index contributed by atoms with van der Waals surface area (Å²) in [6.07, 6.45) is 5.59. The first-order chi connectivity index (χ1) is 17.7. The quantitative estimate of drug-likeness (QED) is 0.316. The fraction of sp³-hybridized carbons (Fsp3) is 0.423. The molecule has 3 saturated heterocycles. The topological polar surface area (TPSA) is 109 Å². The fourth-order valence-electron chi connectivity index (χ4n) is 5.33. The number of anilines is 1. The van der Waals surface area contributed by atoms with Gasteiger partial charge in [-0.3, -0.25) is 29.4 Å². The maximum Gasteiger partial charge on any atom is 0.294 e. The zero-order valence-electron chi connectivity index (χ0n) is 20.9. The number of aromatic nitrogens is 1. The Hall–Kier alpha value is -3.60. The molecule has 0 unspecified atom stereocenters. The molecule has 37 heavy (non-hydrogen) atoms. The maximum absolute atomic E-state index is 13.0. The van der Waals surface area contributed by atoms with E-state index in [2.05, 4.69) is 0 Å². The molecule has 0 aliphatic carbocycles.